The van der Waals surface area contributed by atoms with Crippen LogP contribution in [0.3, 0.4) is 0 Å². The lowest BCUT2D eigenvalue weighted by Crippen LogP contribution is -2.19. The van der Waals surface area contributed by atoms with Gasteiger partial charge in [0.1, 0.15) is 21.5 Å². The van der Waals surface area contributed by atoms with Crippen molar-refractivity contribution in [2.24, 2.45) is 0 Å². The maximum Gasteiger partial charge on any atom is 0.349 e. The average molecular weight is 401 g/mol. The smallest absolute Gasteiger partial charge is 0.349 e. The number of Topliss-reactive ketones (excluding diaryl/α,β-unsaturated/α-hetero) is 1. The molecule has 0 atom stereocenters. The van der Waals surface area contributed by atoms with E-state index in [4.69, 9.17) is 4.74 Å². The summed E-state index contributed by atoms with van der Waals surface area (Å²) in [4.78, 5) is 37.1. The third-order valence-corrected chi connectivity index (χ3v) is 5.90. The van der Waals surface area contributed by atoms with Gasteiger partial charge in [0.05, 0.1) is 10.6 Å². The van der Waals surface area contributed by atoms with Gasteiger partial charge in [-0.05, 0) is 18.2 Å². The molecule has 0 aliphatic carbocycles. The van der Waals surface area contributed by atoms with Gasteiger partial charge < -0.3 is 9.64 Å². The Labute approximate surface area is 161 Å². The van der Waals surface area contributed by atoms with Gasteiger partial charge in [-0.2, -0.15) is 5.26 Å². The molecule has 2 heterocycles. The molecule has 1 aliphatic heterocycles. The molecule has 3 rings (SSSR count). The molecule has 27 heavy (non-hydrogen) atoms. The van der Waals surface area contributed by atoms with Gasteiger partial charge in [-0.15, -0.1) is 0 Å². The number of ketones is 1. The Morgan fingerprint density at radius 2 is 2.04 bits per heavy atom. The summed E-state index contributed by atoms with van der Waals surface area (Å²) >= 11 is 1.95. The Bertz CT molecular complexity index is 1020. The number of esters is 1. The lowest BCUT2D eigenvalue weighted by atomic mass is 10.2. The molecule has 1 aromatic carbocycles. The standard InChI is InChI=1S/C17H11N3O5S2/c1-19-11-4-2-3-5-13(11)27-16(19)10(8-18)12(21)9-25-17(22)14-6-7-15(26-14)20(23)24/h2-7H,9H2,1H3/b16-10-. The highest BCUT2D eigenvalue weighted by Gasteiger charge is 2.28. The minimum atomic E-state index is -0.848. The number of ether oxygens (including phenoxy) is 1. The fourth-order valence-electron chi connectivity index (χ4n) is 2.36. The number of hydrogen-bond donors (Lipinski definition) is 0. The first-order valence-corrected chi connectivity index (χ1v) is 9.15. The molecule has 0 amide bonds. The summed E-state index contributed by atoms with van der Waals surface area (Å²) in [6.07, 6.45) is 0. The maximum absolute atomic E-state index is 12.4. The normalized spacial score (nSPS) is 14.3. The SMILES string of the molecule is CN1/C(=C(\C#N)C(=O)COC(=O)c2ccc([N+](=O)[O-])s2)Sc2ccccc21. The molecule has 0 saturated carbocycles. The molecule has 1 aliphatic rings. The van der Waals surface area contributed by atoms with Gasteiger partial charge in [0.2, 0.25) is 5.78 Å². The van der Waals surface area contributed by atoms with Crippen LogP contribution in [0.15, 0.2) is 51.9 Å². The van der Waals surface area contributed by atoms with Crippen LogP contribution in [0.4, 0.5) is 10.7 Å². The average Bonchev–Trinajstić information content (AvgIpc) is 3.27. The number of nitriles is 1. The van der Waals surface area contributed by atoms with Crippen molar-refractivity contribution >= 4 is 45.5 Å². The van der Waals surface area contributed by atoms with E-state index in [0.29, 0.717) is 16.4 Å². The van der Waals surface area contributed by atoms with Crippen molar-refractivity contribution in [1.82, 2.24) is 0 Å². The molecule has 10 heteroatoms. The van der Waals surface area contributed by atoms with Crippen molar-refractivity contribution in [2.75, 3.05) is 18.6 Å². The predicted octanol–water partition coefficient (Wildman–Crippen LogP) is 3.36. The van der Waals surface area contributed by atoms with Crippen LogP contribution in [0.25, 0.3) is 0 Å². The third kappa shape index (κ3) is 3.69. The molecule has 0 N–H and O–H groups in total. The summed E-state index contributed by atoms with van der Waals surface area (Å²) in [5.41, 5.74) is 0.768. The Kier molecular flexibility index (Phi) is 5.25. The van der Waals surface area contributed by atoms with Crippen LogP contribution in [-0.2, 0) is 9.53 Å². The minimum Gasteiger partial charge on any atom is -0.453 e. The Morgan fingerprint density at radius 1 is 1.30 bits per heavy atom. The second-order valence-electron chi connectivity index (χ2n) is 5.32. The molecular formula is C17H11N3O5S2. The number of thiophene rings is 1. The van der Waals surface area contributed by atoms with E-state index in [2.05, 4.69) is 0 Å². The number of nitro groups is 1. The van der Waals surface area contributed by atoms with Crippen molar-refractivity contribution in [3.8, 4) is 6.07 Å². The van der Waals surface area contributed by atoms with E-state index in [9.17, 15) is 25.0 Å². The zero-order valence-electron chi connectivity index (χ0n) is 13.9. The van der Waals surface area contributed by atoms with Gasteiger partial charge in [-0.1, -0.05) is 35.2 Å². The number of thioether (sulfide) groups is 1. The molecule has 0 radical (unpaired) electrons. The van der Waals surface area contributed by atoms with E-state index in [0.717, 1.165) is 10.6 Å². The van der Waals surface area contributed by atoms with Crippen LogP contribution in [0.5, 0.6) is 0 Å². The van der Waals surface area contributed by atoms with Crippen molar-refractivity contribution in [2.45, 2.75) is 4.90 Å². The number of anilines is 1. The lowest BCUT2D eigenvalue weighted by molar-refractivity contribution is -0.380. The first kappa shape index (κ1) is 18.6. The molecule has 0 bridgehead atoms. The monoisotopic (exact) mass is 401 g/mol. The number of nitrogens with zero attached hydrogens (tertiary/aromatic N) is 3. The second kappa shape index (κ2) is 7.61. The number of benzene rings is 1. The van der Waals surface area contributed by atoms with Crippen molar-refractivity contribution in [1.29, 1.82) is 5.26 Å². The van der Waals surface area contributed by atoms with E-state index in [1.54, 1.807) is 11.9 Å². The number of hydrogen-bond acceptors (Lipinski definition) is 9. The van der Waals surface area contributed by atoms with E-state index < -0.39 is 23.3 Å². The summed E-state index contributed by atoms with van der Waals surface area (Å²) in [6, 6.07) is 11.8. The summed E-state index contributed by atoms with van der Waals surface area (Å²) in [5, 5.41) is 20.3. The Morgan fingerprint density at radius 3 is 2.67 bits per heavy atom. The fraction of sp³-hybridized carbons (Fsp3) is 0.118. The van der Waals surface area contributed by atoms with Crippen LogP contribution in [0, 0.1) is 21.4 Å². The van der Waals surface area contributed by atoms with Crippen molar-refractivity contribution in [3.05, 3.63) is 62.0 Å². The Balaban J connectivity index is 1.72. The molecule has 8 nitrogen and oxygen atoms in total. The Hall–Kier alpha value is -3.16. The highest BCUT2D eigenvalue weighted by molar-refractivity contribution is 8.03. The highest BCUT2D eigenvalue weighted by atomic mass is 32.2. The summed E-state index contributed by atoms with van der Waals surface area (Å²) in [6.45, 7) is -0.623. The molecule has 0 saturated heterocycles. The molecule has 0 unspecified atom stereocenters. The lowest BCUT2D eigenvalue weighted by Gasteiger charge is -2.14. The number of para-hydroxylation sites is 1. The van der Waals surface area contributed by atoms with Crippen molar-refractivity contribution < 1.29 is 19.2 Å². The van der Waals surface area contributed by atoms with Crippen molar-refractivity contribution in [3.63, 3.8) is 0 Å². The first-order valence-electron chi connectivity index (χ1n) is 7.52. The van der Waals surface area contributed by atoms with E-state index >= 15 is 0 Å². The third-order valence-electron chi connectivity index (χ3n) is 3.65. The number of carbonyl (C=O) groups is 2. The topological polar surface area (TPSA) is 114 Å². The minimum absolute atomic E-state index is 0.0143. The number of rotatable bonds is 5. The number of fused-ring (bicyclic) bond motifs is 1. The maximum atomic E-state index is 12.4. The molecular weight excluding hydrogens is 390 g/mol. The molecule has 0 fully saturated rings. The van der Waals surface area contributed by atoms with Gasteiger partial charge in [0.25, 0.3) is 0 Å². The van der Waals surface area contributed by atoms with E-state index in [-0.39, 0.29) is 15.5 Å². The fourth-order valence-corrected chi connectivity index (χ4v) is 4.24. The van der Waals surface area contributed by atoms with Gasteiger partial charge in [-0.3, -0.25) is 14.9 Å². The van der Waals surface area contributed by atoms with E-state index in [1.807, 2.05) is 30.3 Å². The van der Waals surface area contributed by atoms with Gasteiger partial charge >= 0.3 is 11.0 Å². The van der Waals surface area contributed by atoms with Gasteiger partial charge in [-0.25, -0.2) is 4.79 Å². The van der Waals surface area contributed by atoms with Crippen LogP contribution >= 0.6 is 23.1 Å². The zero-order valence-corrected chi connectivity index (χ0v) is 15.5. The summed E-state index contributed by atoms with van der Waals surface area (Å²) in [5.74, 6) is -1.49. The quantitative estimate of drug-likeness (QED) is 0.246. The highest BCUT2D eigenvalue weighted by Crippen LogP contribution is 2.46. The predicted molar refractivity (Wildman–Crippen MR) is 99.6 cm³/mol. The van der Waals surface area contributed by atoms with Crippen LogP contribution in [-0.4, -0.2) is 30.3 Å². The zero-order chi connectivity index (χ0) is 19.6. The van der Waals surface area contributed by atoms with Crippen LogP contribution in [0.1, 0.15) is 9.67 Å². The van der Waals surface area contributed by atoms with Crippen LogP contribution < -0.4 is 4.90 Å². The summed E-state index contributed by atoms with van der Waals surface area (Å²) < 4.78 is 4.92. The van der Waals surface area contributed by atoms with Gasteiger partial charge in [0, 0.05) is 18.0 Å². The molecule has 2 aromatic rings. The van der Waals surface area contributed by atoms with Crippen LogP contribution in [0.2, 0.25) is 0 Å². The second-order valence-corrected chi connectivity index (χ2v) is 7.41. The largest absolute Gasteiger partial charge is 0.453 e. The summed E-state index contributed by atoms with van der Waals surface area (Å²) in [7, 11) is 1.75. The first-order chi connectivity index (χ1) is 12.9. The molecule has 1 aromatic heterocycles. The molecule has 136 valence electrons. The van der Waals surface area contributed by atoms with Gasteiger partial charge in [0.15, 0.2) is 6.61 Å². The van der Waals surface area contributed by atoms with E-state index in [1.165, 1.54) is 23.9 Å². The number of carbonyl (C=O) groups excluding carboxylic acids is 2. The molecule has 0 spiro atoms.